The van der Waals surface area contributed by atoms with Gasteiger partial charge in [-0.3, -0.25) is 0 Å². The van der Waals surface area contributed by atoms with Crippen LogP contribution in [0.25, 0.3) is 0 Å². The van der Waals surface area contributed by atoms with Crippen molar-refractivity contribution in [3.8, 4) is 0 Å². The molecule has 0 bridgehead atoms. The highest BCUT2D eigenvalue weighted by atomic mass is 35.5. The molecular weight excluding hydrogens is 218 g/mol. The van der Waals surface area contributed by atoms with E-state index in [4.69, 9.17) is 21.1 Å². The van der Waals surface area contributed by atoms with Gasteiger partial charge in [0.05, 0.1) is 13.2 Å². The topological polar surface area (TPSA) is 38.8 Å². The fourth-order valence-electron chi connectivity index (χ4n) is 0.789. The Kier molecular flexibility index (Phi) is 6.68. The van der Waals surface area contributed by atoms with Gasteiger partial charge in [0.15, 0.2) is 0 Å². The summed E-state index contributed by atoms with van der Waals surface area (Å²) in [6, 6.07) is 0. The summed E-state index contributed by atoms with van der Waals surface area (Å²) in [5, 5.41) is 0. The molecule has 1 amide bonds. The first-order valence-electron chi connectivity index (χ1n) is 4.94. The minimum atomic E-state index is -0.456. The second-order valence-electron chi connectivity index (χ2n) is 4.20. The van der Waals surface area contributed by atoms with Crippen LogP contribution in [-0.4, -0.2) is 49.3 Å². The third-order valence-corrected chi connectivity index (χ3v) is 1.65. The molecule has 5 heteroatoms. The van der Waals surface area contributed by atoms with Crippen LogP contribution in [0.2, 0.25) is 0 Å². The van der Waals surface area contributed by atoms with Crippen molar-refractivity contribution < 1.29 is 14.3 Å². The summed E-state index contributed by atoms with van der Waals surface area (Å²) >= 11 is 5.44. The first-order valence-corrected chi connectivity index (χ1v) is 5.48. The number of halogens is 1. The molecule has 0 atom stereocenters. The second-order valence-corrected chi connectivity index (χ2v) is 4.58. The Morgan fingerprint density at radius 1 is 1.33 bits per heavy atom. The van der Waals surface area contributed by atoms with Gasteiger partial charge < -0.3 is 14.4 Å². The van der Waals surface area contributed by atoms with Crippen molar-refractivity contribution >= 4 is 17.7 Å². The molecule has 4 nitrogen and oxygen atoms in total. The lowest BCUT2D eigenvalue weighted by Gasteiger charge is -2.24. The molecule has 0 unspecified atom stereocenters. The Bertz CT molecular complexity index is 192. The van der Waals surface area contributed by atoms with E-state index in [0.717, 1.165) is 0 Å². The van der Waals surface area contributed by atoms with Gasteiger partial charge >= 0.3 is 6.09 Å². The van der Waals surface area contributed by atoms with Crippen LogP contribution in [0.1, 0.15) is 20.8 Å². The molecule has 90 valence electrons. The van der Waals surface area contributed by atoms with Crippen LogP contribution in [0.3, 0.4) is 0 Å². The van der Waals surface area contributed by atoms with Crippen molar-refractivity contribution in [2.45, 2.75) is 26.4 Å². The number of likely N-dealkylation sites (N-methyl/N-ethyl adjacent to an activating group) is 1. The number of nitrogens with zero attached hydrogens (tertiary/aromatic N) is 1. The smallest absolute Gasteiger partial charge is 0.410 e. The molecule has 0 saturated heterocycles. The predicted octanol–water partition coefficient (Wildman–Crippen LogP) is 2.11. The highest BCUT2D eigenvalue weighted by Crippen LogP contribution is 2.08. The van der Waals surface area contributed by atoms with Gasteiger partial charge in [-0.15, -0.1) is 11.6 Å². The number of carbonyl (C=O) groups excluding carboxylic acids is 1. The molecule has 0 aromatic carbocycles. The molecule has 0 saturated carbocycles. The lowest BCUT2D eigenvalue weighted by molar-refractivity contribution is 0.0239. The number of amides is 1. The molecular formula is C10H20ClNO3. The van der Waals surface area contributed by atoms with Crippen molar-refractivity contribution in [1.82, 2.24) is 4.90 Å². The quantitative estimate of drug-likeness (QED) is 0.543. The standard InChI is InChI=1S/C10H20ClNO3/c1-10(2,3)15-9(13)12(4)6-8-14-7-5-11/h5-8H2,1-4H3. The van der Waals surface area contributed by atoms with Gasteiger partial charge in [-0.05, 0) is 20.8 Å². The van der Waals surface area contributed by atoms with Crippen LogP contribution in [0.15, 0.2) is 0 Å². The Morgan fingerprint density at radius 2 is 1.93 bits per heavy atom. The number of carbonyl (C=O) groups is 1. The molecule has 0 N–H and O–H groups in total. The lowest BCUT2D eigenvalue weighted by Crippen LogP contribution is -2.36. The Morgan fingerprint density at radius 3 is 2.40 bits per heavy atom. The third-order valence-electron chi connectivity index (χ3n) is 1.50. The van der Waals surface area contributed by atoms with Crippen molar-refractivity contribution in [2.75, 3.05) is 32.7 Å². The molecule has 0 aliphatic heterocycles. The molecule has 0 heterocycles. The van der Waals surface area contributed by atoms with Crippen molar-refractivity contribution in [2.24, 2.45) is 0 Å². The zero-order valence-corrected chi connectivity index (χ0v) is 10.6. The third kappa shape index (κ3) is 8.51. The molecule has 0 radical (unpaired) electrons. The minimum absolute atomic E-state index is 0.336. The van der Waals surface area contributed by atoms with Crippen LogP contribution in [0.5, 0.6) is 0 Å². The summed E-state index contributed by atoms with van der Waals surface area (Å²) in [5.74, 6) is 0.468. The minimum Gasteiger partial charge on any atom is -0.444 e. The van der Waals surface area contributed by atoms with Crippen molar-refractivity contribution in [3.05, 3.63) is 0 Å². The highest BCUT2D eigenvalue weighted by molar-refractivity contribution is 6.17. The van der Waals surface area contributed by atoms with E-state index in [9.17, 15) is 4.79 Å². The summed E-state index contributed by atoms with van der Waals surface area (Å²) in [7, 11) is 1.68. The largest absolute Gasteiger partial charge is 0.444 e. The van der Waals surface area contributed by atoms with Crippen LogP contribution < -0.4 is 0 Å². The van der Waals surface area contributed by atoms with E-state index < -0.39 is 5.60 Å². The van der Waals surface area contributed by atoms with Crippen LogP contribution in [-0.2, 0) is 9.47 Å². The average molecular weight is 238 g/mol. The Labute approximate surface area is 96.5 Å². The monoisotopic (exact) mass is 237 g/mol. The number of ether oxygens (including phenoxy) is 2. The summed E-state index contributed by atoms with van der Waals surface area (Å²) in [4.78, 5) is 12.9. The number of hydrogen-bond donors (Lipinski definition) is 0. The maximum Gasteiger partial charge on any atom is 0.410 e. The van der Waals surface area contributed by atoms with E-state index in [2.05, 4.69) is 0 Å². The molecule has 15 heavy (non-hydrogen) atoms. The number of alkyl halides is 1. The predicted molar refractivity (Wildman–Crippen MR) is 60.4 cm³/mol. The van der Waals surface area contributed by atoms with Crippen LogP contribution >= 0.6 is 11.6 Å². The summed E-state index contributed by atoms with van der Waals surface area (Å²) < 4.78 is 10.3. The van der Waals surface area contributed by atoms with Crippen molar-refractivity contribution in [1.29, 1.82) is 0 Å². The highest BCUT2D eigenvalue weighted by Gasteiger charge is 2.18. The Balaban J connectivity index is 3.70. The molecule has 0 spiro atoms. The van der Waals surface area contributed by atoms with Crippen molar-refractivity contribution in [3.63, 3.8) is 0 Å². The van der Waals surface area contributed by atoms with E-state index >= 15 is 0 Å². The summed E-state index contributed by atoms with van der Waals surface area (Å²) in [6.07, 6.45) is -0.336. The summed E-state index contributed by atoms with van der Waals surface area (Å²) in [6.45, 7) is 6.99. The zero-order valence-electron chi connectivity index (χ0n) is 9.88. The van der Waals surface area contributed by atoms with Crippen LogP contribution in [0, 0.1) is 0 Å². The van der Waals surface area contributed by atoms with Gasteiger partial charge in [0, 0.05) is 19.5 Å². The normalized spacial score (nSPS) is 11.3. The molecule has 0 rings (SSSR count). The van der Waals surface area contributed by atoms with E-state index in [1.807, 2.05) is 20.8 Å². The van der Waals surface area contributed by atoms with Gasteiger partial charge in [0.2, 0.25) is 0 Å². The van der Waals surface area contributed by atoms with Crippen LogP contribution in [0.4, 0.5) is 4.79 Å². The second kappa shape index (κ2) is 6.90. The average Bonchev–Trinajstić information content (AvgIpc) is 2.09. The van der Waals surface area contributed by atoms with E-state index in [-0.39, 0.29) is 6.09 Å². The number of rotatable bonds is 5. The zero-order chi connectivity index (χ0) is 11.9. The SMILES string of the molecule is CN(CCOCCCl)C(=O)OC(C)(C)C. The molecule has 0 aromatic heterocycles. The van der Waals surface area contributed by atoms with Gasteiger partial charge in [0.1, 0.15) is 5.60 Å². The van der Waals surface area contributed by atoms with E-state index in [0.29, 0.717) is 25.6 Å². The van der Waals surface area contributed by atoms with Gasteiger partial charge in [0.25, 0.3) is 0 Å². The molecule has 0 aromatic rings. The van der Waals surface area contributed by atoms with E-state index in [1.54, 1.807) is 7.05 Å². The van der Waals surface area contributed by atoms with Gasteiger partial charge in [-0.1, -0.05) is 0 Å². The lowest BCUT2D eigenvalue weighted by atomic mass is 10.2. The van der Waals surface area contributed by atoms with E-state index in [1.165, 1.54) is 4.90 Å². The molecule has 0 aliphatic carbocycles. The first-order chi connectivity index (χ1) is 6.87. The maximum absolute atomic E-state index is 11.4. The van der Waals surface area contributed by atoms with Gasteiger partial charge in [-0.2, -0.15) is 0 Å². The maximum atomic E-state index is 11.4. The first kappa shape index (κ1) is 14.5. The molecule has 0 aliphatic rings. The number of hydrogen-bond acceptors (Lipinski definition) is 3. The molecule has 0 fully saturated rings. The summed E-state index contributed by atoms with van der Waals surface area (Å²) in [5.41, 5.74) is -0.456. The van der Waals surface area contributed by atoms with Gasteiger partial charge in [-0.25, -0.2) is 4.79 Å². The fourth-order valence-corrected chi connectivity index (χ4v) is 0.898. The Hall–Kier alpha value is -0.480. The fraction of sp³-hybridized carbons (Fsp3) is 0.900.